The van der Waals surface area contributed by atoms with Gasteiger partial charge in [0.05, 0.1) is 21.1 Å². The Morgan fingerprint density at radius 1 is 1.00 bits per heavy atom. The van der Waals surface area contributed by atoms with Crippen molar-refractivity contribution in [1.29, 1.82) is 0 Å². The highest BCUT2D eigenvalue weighted by Gasteiger charge is 2.21. The standard InChI is InChI=1S/C15H32NO2/c1-6-7-8-9-10-11-12-13-15(17)18-14(2)16(3,4)5/h14H,6-13H2,1-5H3/q+1. The van der Waals surface area contributed by atoms with Gasteiger partial charge in [-0.2, -0.15) is 0 Å². The van der Waals surface area contributed by atoms with Gasteiger partial charge in [0, 0.05) is 13.3 Å². The van der Waals surface area contributed by atoms with Crippen molar-refractivity contribution in [3.05, 3.63) is 0 Å². The molecule has 1 unspecified atom stereocenters. The maximum atomic E-state index is 11.6. The van der Waals surface area contributed by atoms with Gasteiger partial charge >= 0.3 is 5.97 Å². The molecule has 0 aromatic heterocycles. The number of carbonyl (C=O) groups excluding carboxylic acids is 1. The fourth-order valence-corrected chi connectivity index (χ4v) is 1.63. The van der Waals surface area contributed by atoms with Crippen molar-refractivity contribution in [2.45, 2.75) is 71.4 Å². The first-order valence-electron chi connectivity index (χ1n) is 7.38. The highest BCUT2D eigenvalue weighted by molar-refractivity contribution is 5.69. The molecule has 3 heteroatoms. The number of hydrogen-bond acceptors (Lipinski definition) is 2. The molecule has 0 aliphatic carbocycles. The number of nitrogens with zero attached hydrogens (tertiary/aromatic N) is 1. The molecule has 0 aromatic carbocycles. The van der Waals surface area contributed by atoms with E-state index >= 15 is 0 Å². The Balaban J connectivity index is 3.48. The fourth-order valence-electron chi connectivity index (χ4n) is 1.63. The molecule has 0 aliphatic heterocycles. The Hall–Kier alpha value is -0.570. The van der Waals surface area contributed by atoms with Crippen LogP contribution in [0.3, 0.4) is 0 Å². The third-order valence-corrected chi connectivity index (χ3v) is 3.38. The number of carbonyl (C=O) groups is 1. The predicted molar refractivity (Wildman–Crippen MR) is 76.2 cm³/mol. The topological polar surface area (TPSA) is 26.3 Å². The van der Waals surface area contributed by atoms with Crippen molar-refractivity contribution in [2.24, 2.45) is 0 Å². The largest absolute Gasteiger partial charge is 0.413 e. The van der Waals surface area contributed by atoms with Crippen molar-refractivity contribution in [1.82, 2.24) is 0 Å². The van der Waals surface area contributed by atoms with E-state index in [1.165, 1.54) is 32.1 Å². The molecule has 0 N–H and O–H groups in total. The zero-order chi connectivity index (χ0) is 14.0. The Morgan fingerprint density at radius 3 is 2.00 bits per heavy atom. The first-order chi connectivity index (χ1) is 8.38. The Kier molecular flexibility index (Phi) is 9.08. The smallest absolute Gasteiger partial charge is 0.310 e. The number of unbranched alkanes of at least 4 members (excludes halogenated alkanes) is 6. The average Bonchev–Trinajstić information content (AvgIpc) is 2.26. The van der Waals surface area contributed by atoms with E-state index < -0.39 is 0 Å². The molecule has 0 saturated heterocycles. The van der Waals surface area contributed by atoms with E-state index in [2.05, 4.69) is 6.92 Å². The van der Waals surface area contributed by atoms with Crippen molar-refractivity contribution in [2.75, 3.05) is 21.1 Å². The van der Waals surface area contributed by atoms with Gasteiger partial charge < -0.3 is 4.74 Å². The average molecular weight is 258 g/mol. The van der Waals surface area contributed by atoms with Gasteiger partial charge in [-0.25, -0.2) is 0 Å². The molecule has 0 saturated carbocycles. The van der Waals surface area contributed by atoms with Crippen LogP contribution in [0.15, 0.2) is 0 Å². The van der Waals surface area contributed by atoms with Crippen molar-refractivity contribution in [3.63, 3.8) is 0 Å². The molecule has 0 radical (unpaired) electrons. The summed E-state index contributed by atoms with van der Waals surface area (Å²) in [5, 5.41) is 0. The first kappa shape index (κ1) is 17.4. The third-order valence-electron chi connectivity index (χ3n) is 3.38. The van der Waals surface area contributed by atoms with E-state index in [1.807, 2.05) is 28.1 Å². The molecule has 0 fully saturated rings. The molecule has 0 rings (SSSR count). The molecule has 108 valence electrons. The van der Waals surface area contributed by atoms with E-state index in [-0.39, 0.29) is 12.2 Å². The number of hydrogen-bond donors (Lipinski definition) is 0. The number of quaternary nitrogens is 1. The monoisotopic (exact) mass is 258 g/mol. The molecule has 0 aromatic rings. The van der Waals surface area contributed by atoms with Crippen LogP contribution in [0.2, 0.25) is 0 Å². The van der Waals surface area contributed by atoms with Crippen LogP contribution in [0.5, 0.6) is 0 Å². The summed E-state index contributed by atoms with van der Waals surface area (Å²) in [4.78, 5) is 11.6. The third kappa shape index (κ3) is 9.46. The van der Waals surface area contributed by atoms with Crippen molar-refractivity contribution < 1.29 is 14.0 Å². The summed E-state index contributed by atoms with van der Waals surface area (Å²) in [6, 6.07) is 0. The van der Waals surface area contributed by atoms with Gasteiger partial charge in [-0.15, -0.1) is 0 Å². The van der Waals surface area contributed by atoms with E-state index in [9.17, 15) is 4.79 Å². The Morgan fingerprint density at radius 2 is 1.50 bits per heavy atom. The zero-order valence-electron chi connectivity index (χ0n) is 13.0. The second-order valence-corrected chi connectivity index (χ2v) is 6.08. The van der Waals surface area contributed by atoms with Gasteiger partial charge in [0.1, 0.15) is 0 Å². The van der Waals surface area contributed by atoms with Gasteiger partial charge in [0.15, 0.2) is 0 Å². The summed E-state index contributed by atoms with van der Waals surface area (Å²) in [7, 11) is 6.10. The molecule has 0 aliphatic rings. The highest BCUT2D eigenvalue weighted by Crippen LogP contribution is 2.10. The maximum absolute atomic E-state index is 11.6. The number of rotatable bonds is 10. The van der Waals surface area contributed by atoms with Gasteiger partial charge in [-0.3, -0.25) is 9.28 Å². The molecule has 0 bridgehead atoms. The summed E-state index contributed by atoms with van der Waals surface area (Å²) >= 11 is 0. The number of esters is 1. The zero-order valence-corrected chi connectivity index (χ0v) is 13.0. The van der Waals surface area contributed by atoms with Crippen LogP contribution in [0.4, 0.5) is 0 Å². The molecular weight excluding hydrogens is 226 g/mol. The second kappa shape index (κ2) is 9.37. The van der Waals surface area contributed by atoms with Gasteiger partial charge in [0.2, 0.25) is 6.23 Å². The number of ether oxygens (including phenoxy) is 1. The summed E-state index contributed by atoms with van der Waals surface area (Å²) in [6.07, 6.45) is 9.13. The molecular formula is C15H32NO2+. The summed E-state index contributed by atoms with van der Waals surface area (Å²) in [5.74, 6) is -0.0518. The van der Waals surface area contributed by atoms with Crippen LogP contribution in [0, 0.1) is 0 Å². The lowest BCUT2D eigenvalue weighted by Crippen LogP contribution is -2.45. The summed E-state index contributed by atoms with van der Waals surface area (Å²) < 4.78 is 6.05. The maximum Gasteiger partial charge on any atom is 0.310 e. The van der Waals surface area contributed by atoms with Crippen molar-refractivity contribution in [3.8, 4) is 0 Å². The molecule has 3 nitrogen and oxygen atoms in total. The van der Waals surface area contributed by atoms with Gasteiger partial charge in [0.25, 0.3) is 0 Å². The lowest BCUT2D eigenvalue weighted by atomic mass is 10.1. The molecule has 0 amide bonds. The van der Waals surface area contributed by atoms with E-state index in [0.717, 1.165) is 12.8 Å². The highest BCUT2D eigenvalue weighted by atomic mass is 16.6. The predicted octanol–water partition coefficient (Wildman–Crippen LogP) is 3.72. The van der Waals surface area contributed by atoms with E-state index in [1.54, 1.807) is 0 Å². The van der Waals surface area contributed by atoms with E-state index in [4.69, 9.17) is 4.74 Å². The van der Waals surface area contributed by atoms with Crippen LogP contribution in [-0.2, 0) is 9.53 Å². The van der Waals surface area contributed by atoms with Crippen LogP contribution in [0.25, 0.3) is 0 Å². The van der Waals surface area contributed by atoms with Crippen LogP contribution < -0.4 is 0 Å². The minimum Gasteiger partial charge on any atom is -0.413 e. The van der Waals surface area contributed by atoms with Crippen LogP contribution >= 0.6 is 0 Å². The lowest BCUT2D eigenvalue weighted by molar-refractivity contribution is -0.914. The Labute approximate surface area is 113 Å². The minimum absolute atomic E-state index is 0.0518. The van der Waals surface area contributed by atoms with Gasteiger partial charge in [-0.05, 0) is 6.42 Å². The Bertz CT molecular complexity index is 221. The molecule has 1 atom stereocenters. The summed E-state index contributed by atoms with van der Waals surface area (Å²) in [5.41, 5.74) is 0. The fraction of sp³-hybridized carbons (Fsp3) is 0.933. The molecule has 0 heterocycles. The minimum atomic E-state index is -0.0675. The molecule has 0 spiro atoms. The lowest BCUT2D eigenvalue weighted by Gasteiger charge is -2.30. The first-order valence-corrected chi connectivity index (χ1v) is 7.38. The molecule has 18 heavy (non-hydrogen) atoms. The SMILES string of the molecule is CCCCCCCCCC(=O)OC(C)[N+](C)(C)C. The van der Waals surface area contributed by atoms with Crippen molar-refractivity contribution >= 4 is 5.97 Å². The second-order valence-electron chi connectivity index (χ2n) is 6.08. The van der Waals surface area contributed by atoms with E-state index in [0.29, 0.717) is 10.9 Å². The quantitative estimate of drug-likeness (QED) is 0.258. The van der Waals surface area contributed by atoms with Gasteiger partial charge in [-0.1, -0.05) is 45.4 Å². The normalized spacial score (nSPS) is 13.4. The van der Waals surface area contributed by atoms with Crippen LogP contribution in [-0.4, -0.2) is 37.8 Å². The van der Waals surface area contributed by atoms with Crippen LogP contribution in [0.1, 0.15) is 65.2 Å². The summed E-state index contributed by atoms with van der Waals surface area (Å²) in [6.45, 7) is 4.17.